The second kappa shape index (κ2) is 6.07. The van der Waals surface area contributed by atoms with E-state index in [4.69, 9.17) is 11.6 Å². The molecule has 0 saturated carbocycles. The summed E-state index contributed by atoms with van der Waals surface area (Å²) >= 11 is 5.80. The van der Waals surface area contributed by atoms with Gasteiger partial charge in [0.25, 0.3) is 0 Å². The second-order valence-corrected chi connectivity index (χ2v) is 9.53. The molecular weight excluding hydrogens is 268 g/mol. The summed E-state index contributed by atoms with van der Waals surface area (Å²) in [4.78, 5) is 0. The summed E-state index contributed by atoms with van der Waals surface area (Å²) in [5, 5.41) is 2.62. The van der Waals surface area contributed by atoms with E-state index in [9.17, 15) is 0 Å². The molecule has 0 bridgehead atoms. The fraction of sp³-hybridized carbons (Fsp3) is 0.118. The van der Waals surface area contributed by atoms with Gasteiger partial charge in [0.2, 0.25) is 0 Å². The van der Waals surface area contributed by atoms with Crippen molar-refractivity contribution in [2.75, 3.05) is 0 Å². The van der Waals surface area contributed by atoms with Crippen molar-refractivity contribution in [3.05, 3.63) is 77.5 Å². The fourth-order valence-electron chi connectivity index (χ4n) is 2.28. The van der Waals surface area contributed by atoms with Crippen molar-refractivity contribution in [1.29, 1.82) is 0 Å². The third kappa shape index (κ3) is 3.08. The van der Waals surface area contributed by atoms with Gasteiger partial charge in [-0.1, -0.05) is 90.5 Å². The van der Waals surface area contributed by atoms with Crippen LogP contribution in [0, 0.1) is 0 Å². The van der Waals surface area contributed by atoms with Crippen LogP contribution in [0.5, 0.6) is 0 Å². The molecule has 0 fully saturated rings. The van der Waals surface area contributed by atoms with E-state index >= 15 is 0 Å². The van der Waals surface area contributed by atoms with Crippen LogP contribution >= 0.6 is 11.6 Å². The lowest BCUT2D eigenvalue weighted by Crippen LogP contribution is -2.42. The molecule has 0 heterocycles. The van der Waals surface area contributed by atoms with E-state index < -0.39 is 8.07 Å². The summed E-state index contributed by atoms with van der Waals surface area (Å²) in [5.41, 5.74) is 5.96. The van der Waals surface area contributed by atoms with Gasteiger partial charge >= 0.3 is 0 Å². The highest BCUT2D eigenvalue weighted by atomic mass is 35.5. The molecule has 0 aliphatic heterocycles. The minimum Gasteiger partial charge on any atom is -0.109 e. The first-order chi connectivity index (χ1) is 9.16. The van der Waals surface area contributed by atoms with Crippen molar-refractivity contribution in [3.8, 4) is 0 Å². The maximum absolute atomic E-state index is 5.80. The van der Waals surface area contributed by atoms with Gasteiger partial charge in [-0.3, -0.25) is 0 Å². The molecule has 0 radical (unpaired) electrons. The molecule has 2 rings (SSSR count). The Morgan fingerprint density at radius 3 is 2.00 bits per heavy atom. The van der Waals surface area contributed by atoms with Gasteiger partial charge in [0.1, 0.15) is 8.07 Å². The minimum absolute atomic E-state index is 1.21. The Morgan fingerprint density at radius 1 is 0.947 bits per heavy atom. The third-order valence-corrected chi connectivity index (χ3v) is 6.95. The molecule has 0 spiro atoms. The van der Waals surface area contributed by atoms with Gasteiger partial charge in [-0.2, -0.15) is 0 Å². The molecule has 0 nitrogen and oxygen atoms in total. The fourth-order valence-corrected chi connectivity index (χ4v) is 5.12. The van der Waals surface area contributed by atoms with Crippen molar-refractivity contribution in [2.45, 2.75) is 13.1 Å². The van der Waals surface area contributed by atoms with Gasteiger partial charge in [-0.05, 0) is 10.8 Å². The number of hydrogen-bond acceptors (Lipinski definition) is 0. The number of hydrogen-bond donors (Lipinski definition) is 0. The molecule has 0 N–H and O–H groups in total. The Bertz CT molecular complexity index is 594. The summed E-state index contributed by atoms with van der Waals surface area (Å²) in [6.07, 6.45) is 0. The standard InChI is InChI=1S/C17H17ClSi/c1-19(2,16-11-7-4-8-12-16)17(13-14-18)15-9-5-3-6-10-15/h3-12,14H,1-2H3. The predicted molar refractivity (Wildman–Crippen MR) is 87.3 cm³/mol. The van der Waals surface area contributed by atoms with Crippen molar-refractivity contribution >= 4 is 30.1 Å². The van der Waals surface area contributed by atoms with Crippen LogP contribution in [0.2, 0.25) is 13.1 Å². The largest absolute Gasteiger partial charge is 0.122 e. The summed E-state index contributed by atoms with van der Waals surface area (Å²) in [5.74, 6) is 0. The van der Waals surface area contributed by atoms with Crippen LogP contribution in [0.4, 0.5) is 0 Å². The van der Waals surface area contributed by atoms with Crippen molar-refractivity contribution < 1.29 is 0 Å². The lowest BCUT2D eigenvalue weighted by Gasteiger charge is -2.25. The summed E-state index contributed by atoms with van der Waals surface area (Å²) in [7, 11) is -1.78. The Kier molecular flexibility index (Phi) is 4.44. The molecule has 2 aromatic rings. The Morgan fingerprint density at radius 2 is 1.47 bits per heavy atom. The number of halogens is 1. The monoisotopic (exact) mass is 284 g/mol. The van der Waals surface area contributed by atoms with Gasteiger partial charge in [0, 0.05) is 5.54 Å². The smallest absolute Gasteiger partial charge is 0.109 e. The molecule has 0 amide bonds. The van der Waals surface area contributed by atoms with Gasteiger partial charge in [0.05, 0.1) is 0 Å². The van der Waals surface area contributed by atoms with Crippen LogP contribution in [-0.4, -0.2) is 8.07 Å². The minimum atomic E-state index is -1.78. The van der Waals surface area contributed by atoms with Gasteiger partial charge in [0.15, 0.2) is 0 Å². The van der Waals surface area contributed by atoms with Crippen LogP contribution in [0.1, 0.15) is 5.56 Å². The van der Waals surface area contributed by atoms with Crippen LogP contribution < -0.4 is 5.19 Å². The van der Waals surface area contributed by atoms with E-state index in [-0.39, 0.29) is 0 Å². The molecule has 2 heteroatoms. The molecule has 0 aromatic heterocycles. The predicted octanol–water partition coefficient (Wildman–Crippen LogP) is 4.58. The highest BCUT2D eigenvalue weighted by molar-refractivity contribution is 7.04. The Labute approximate surface area is 121 Å². The van der Waals surface area contributed by atoms with Crippen molar-refractivity contribution in [1.82, 2.24) is 0 Å². The zero-order valence-corrected chi connectivity index (χ0v) is 13.0. The lowest BCUT2D eigenvalue weighted by atomic mass is 10.2. The number of rotatable bonds is 3. The first kappa shape index (κ1) is 13.9. The Hall–Kier alpha value is -1.53. The van der Waals surface area contributed by atoms with E-state index in [1.165, 1.54) is 21.5 Å². The van der Waals surface area contributed by atoms with Crippen LogP contribution in [0.25, 0.3) is 5.20 Å². The van der Waals surface area contributed by atoms with E-state index in [0.29, 0.717) is 0 Å². The number of benzene rings is 2. The van der Waals surface area contributed by atoms with Crippen LogP contribution in [-0.2, 0) is 0 Å². The average Bonchev–Trinajstić information content (AvgIpc) is 2.46. The lowest BCUT2D eigenvalue weighted by molar-refractivity contribution is 1.62. The normalized spacial score (nSPS) is 10.7. The molecule has 96 valence electrons. The average molecular weight is 285 g/mol. The zero-order chi connectivity index (χ0) is 13.7. The first-order valence-corrected chi connectivity index (χ1v) is 9.76. The highest BCUT2D eigenvalue weighted by Gasteiger charge is 2.29. The highest BCUT2D eigenvalue weighted by Crippen LogP contribution is 2.25. The van der Waals surface area contributed by atoms with Gasteiger partial charge in [-0.15, -0.1) is 5.73 Å². The molecule has 0 unspecified atom stereocenters. The maximum Gasteiger partial charge on any atom is 0.122 e. The van der Waals surface area contributed by atoms with Crippen LogP contribution in [0.3, 0.4) is 0 Å². The van der Waals surface area contributed by atoms with Gasteiger partial charge in [-0.25, -0.2) is 0 Å². The van der Waals surface area contributed by atoms with Crippen molar-refractivity contribution in [3.63, 3.8) is 0 Å². The third-order valence-electron chi connectivity index (χ3n) is 3.38. The van der Waals surface area contributed by atoms with Crippen LogP contribution in [0.15, 0.2) is 71.9 Å². The maximum atomic E-state index is 5.80. The summed E-state index contributed by atoms with van der Waals surface area (Å²) < 4.78 is 0. The summed E-state index contributed by atoms with van der Waals surface area (Å²) in [6, 6.07) is 21.0. The molecular formula is C17H17ClSi. The molecule has 0 saturated heterocycles. The molecule has 0 aliphatic carbocycles. The quantitative estimate of drug-likeness (QED) is 0.572. The molecule has 19 heavy (non-hydrogen) atoms. The topological polar surface area (TPSA) is 0 Å². The van der Waals surface area contributed by atoms with E-state index in [2.05, 4.69) is 73.4 Å². The van der Waals surface area contributed by atoms with Crippen molar-refractivity contribution in [2.24, 2.45) is 0 Å². The SMILES string of the molecule is C[Si](C)(C(=C=CCl)c1ccccc1)c1ccccc1. The first-order valence-electron chi connectivity index (χ1n) is 6.33. The zero-order valence-electron chi connectivity index (χ0n) is 11.2. The van der Waals surface area contributed by atoms with E-state index in [1.807, 2.05) is 6.07 Å². The Balaban J connectivity index is 2.56. The second-order valence-electron chi connectivity index (χ2n) is 4.99. The summed E-state index contributed by atoms with van der Waals surface area (Å²) in [6.45, 7) is 4.66. The molecule has 2 aromatic carbocycles. The van der Waals surface area contributed by atoms with E-state index in [0.717, 1.165) is 0 Å². The molecule has 0 aliphatic rings. The molecule has 0 atom stereocenters. The van der Waals surface area contributed by atoms with Gasteiger partial charge < -0.3 is 0 Å². The van der Waals surface area contributed by atoms with E-state index in [1.54, 1.807) is 0 Å².